The summed E-state index contributed by atoms with van der Waals surface area (Å²) in [7, 11) is 0. The zero-order valence-electron chi connectivity index (χ0n) is 9.39. The molecule has 84 valence electrons. The van der Waals surface area contributed by atoms with Crippen molar-refractivity contribution in [3.8, 4) is 0 Å². The smallest absolute Gasteiger partial charge is 0.120 e. The molecule has 2 rings (SSSR count). The van der Waals surface area contributed by atoms with Gasteiger partial charge in [0.15, 0.2) is 0 Å². The summed E-state index contributed by atoms with van der Waals surface area (Å²) in [6.07, 6.45) is 6.38. The van der Waals surface area contributed by atoms with E-state index in [0.717, 1.165) is 18.7 Å². The molecule has 0 spiro atoms. The Kier molecular flexibility index (Phi) is 3.72. The number of nitrogens with one attached hydrogen (secondary N) is 1. The monoisotopic (exact) mass is 216 g/mol. The number of rotatable bonds is 5. The van der Waals surface area contributed by atoms with Gasteiger partial charge in [0.2, 0.25) is 0 Å². The van der Waals surface area contributed by atoms with E-state index in [1.54, 1.807) is 12.5 Å². The summed E-state index contributed by atoms with van der Waals surface area (Å²) in [5.41, 5.74) is 1.25. The third-order valence-electron chi connectivity index (χ3n) is 2.56. The average molecular weight is 216 g/mol. The lowest BCUT2D eigenvalue weighted by atomic mass is 10.2. The van der Waals surface area contributed by atoms with E-state index in [2.05, 4.69) is 23.3 Å². The summed E-state index contributed by atoms with van der Waals surface area (Å²) in [5, 5.41) is 3.41. The first-order valence-electron chi connectivity index (χ1n) is 5.52. The van der Waals surface area contributed by atoms with E-state index in [1.165, 1.54) is 5.56 Å². The van der Waals surface area contributed by atoms with Gasteiger partial charge in [0.1, 0.15) is 5.76 Å². The maximum Gasteiger partial charge on any atom is 0.120 e. The Bertz CT molecular complexity index is 397. The van der Waals surface area contributed by atoms with Gasteiger partial charge in [0, 0.05) is 12.4 Å². The second-order valence-electron chi connectivity index (χ2n) is 3.80. The Morgan fingerprint density at radius 1 is 1.38 bits per heavy atom. The molecule has 1 N–H and O–H groups in total. The van der Waals surface area contributed by atoms with E-state index in [1.807, 2.05) is 24.4 Å². The first-order valence-corrected chi connectivity index (χ1v) is 5.52. The fourth-order valence-corrected chi connectivity index (χ4v) is 1.62. The molecule has 0 amide bonds. The predicted octanol–water partition coefficient (Wildman–Crippen LogP) is 2.57. The number of hydrogen-bond acceptors (Lipinski definition) is 3. The summed E-state index contributed by atoms with van der Waals surface area (Å²) in [4.78, 5) is 4.09. The van der Waals surface area contributed by atoms with E-state index in [-0.39, 0.29) is 6.04 Å². The zero-order valence-corrected chi connectivity index (χ0v) is 9.39. The lowest BCUT2D eigenvalue weighted by Crippen LogP contribution is -2.20. The minimum Gasteiger partial charge on any atom is -0.468 e. The SMILES string of the molecule is CC(NCCc1cccnc1)c1ccco1. The van der Waals surface area contributed by atoms with Gasteiger partial charge in [-0.1, -0.05) is 6.07 Å². The van der Waals surface area contributed by atoms with Crippen LogP contribution in [0.4, 0.5) is 0 Å². The topological polar surface area (TPSA) is 38.1 Å². The van der Waals surface area contributed by atoms with Crippen molar-refractivity contribution in [1.82, 2.24) is 10.3 Å². The fraction of sp³-hybridized carbons (Fsp3) is 0.308. The van der Waals surface area contributed by atoms with Crippen LogP contribution < -0.4 is 5.32 Å². The van der Waals surface area contributed by atoms with Gasteiger partial charge in [-0.25, -0.2) is 0 Å². The number of hydrogen-bond donors (Lipinski definition) is 1. The van der Waals surface area contributed by atoms with E-state index in [4.69, 9.17) is 4.42 Å². The van der Waals surface area contributed by atoms with Gasteiger partial charge in [-0.3, -0.25) is 4.98 Å². The molecule has 0 aromatic carbocycles. The number of furan rings is 1. The molecule has 2 heterocycles. The molecule has 0 saturated heterocycles. The van der Waals surface area contributed by atoms with Crippen molar-refractivity contribution >= 4 is 0 Å². The Morgan fingerprint density at radius 2 is 2.31 bits per heavy atom. The van der Waals surface area contributed by atoms with Crippen LogP contribution in [0.25, 0.3) is 0 Å². The average Bonchev–Trinajstić information content (AvgIpc) is 2.84. The maximum absolute atomic E-state index is 5.32. The van der Waals surface area contributed by atoms with Crippen molar-refractivity contribution in [2.45, 2.75) is 19.4 Å². The van der Waals surface area contributed by atoms with Crippen LogP contribution >= 0.6 is 0 Å². The van der Waals surface area contributed by atoms with Crippen LogP contribution in [0.3, 0.4) is 0 Å². The highest BCUT2D eigenvalue weighted by atomic mass is 16.3. The van der Waals surface area contributed by atoms with Crippen molar-refractivity contribution in [3.63, 3.8) is 0 Å². The lowest BCUT2D eigenvalue weighted by molar-refractivity contribution is 0.432. The van der Waals surface area contributed by atoms with Crippen LogP contribution in [0.15, 0.2) is 47.3 Å². The second-order valence-corrected chi connectivity index (χ2v) is 3.80. The van der Waals surface area contributed by atoms with Gasteiger partial charge in [-0.15, -0.1) is 0 Å². The van der Waals surface area contributed by atoms with Crippen LogP contribution in [-0.2, 0) is 6.42 Å². The first-order chi connectivity index (χ1) is 7.86. The largest absolute Gasteiger partial charge is 0.468 e. The Hall–Kier alpha value is -1.61. The molecule has 0 aliphatic carbocycles. The van der Waals surface area contributed by atoms with Crippen molar-refractivity contribution in [1.29, 1.82) is 0 Å². The molecule has 0 bridgehead atoms. The number of nitrogens with zero attached hydrogens (tertiary/aromatic N) is 1. The Morgan fingerprint density at radius 3 is 3.00 bits per heavy atom. The van der Waals surface area contributed by atoms with Crippen molar-refractivity contribution < 1.29 is 4.42 Å². The number of aromatic nitrogens is 1. The fourth-order valence-electron chi connectivity index (χ4n) is 1.62. The van der Waals surface area contributed by atoms with Gasteiger partial charge in [-0.2, -0.15) is 0 Å². The maximum atomic E-state index is 5.32. The van der Waals surface area contributed by atoms with Crippen LogP contribution in [0, 0.1) is 0 Å². The summed E-state index contributed by atoms with van der Waals surface area (Å²) >= 11 is 0. The molecule has 0 fully saturated rings. The molecule has 3 heteroatoms. The summed E-state index contributed by atoms with van der Waals surface area (Å²) < 4.78 is 5.32. The normalized spacial score (nSPS) is 12.6. The van der Waals surface area contributed by atoms with Gasteiger partial charge < -0.3 is 9.73 Å². The van der Waals surface area contributed by atoms with Crippen LogP contribution in [0.2, 0.25) is 0 Å². The predicted molar refractivity (Wildman–Crippen MR) is 63.1 cm³/mol. The highest BCUT2D eigenvalue weighted by molar-refractivity contribution is 5.09. The Balaban J connectivity index is 1.76. The second kappa shape index (κ2) is 5.47. The van der Waals surface area contributed by atoms with E-state index >= 15 is 0 Å². The van der Waals surface area contributed by atoms with Crippen LogP contribution in [-0.4, -0.2) is 11.5 Å². The van der Waals surface area contributed by atoms with E-state index in [0.29, 0.717) is 0 Å². The quantitative estimate of drug-likeness (QED) is 0.834. The van der Waals surface area contributed by atoms with Gasteiger partial charge in [0.25, 0.3) is 0 Å². The Labute approximate surface area is 95.5 Å². The standard InChI is InChI=1S/C13H16N2O/c1-11(13-5-3-9-16-13)15-8-6-12-4-2-7-14-10-12/h2-5,7,9-11,15H,6,8H2,1H3. The molecule has 0 aliphatic rings. The molecule has 2 aromatic heterocycles. The summed E-state index contributed by atoms with van der Waals surface area (Å²) in [5.74, 6) is 0.978. The highest BCUT2D eigenvalue weighted by Gasteiger charge is 2.06. The molecular weight excluding hydrogens is 200 g/mol. The van der Waals surface area contributed by atoms with Gasteiger partial charge in [0.05, 0.1) is 12.3 Å². The molecule has 0 saturated carbocycles. The van der Waals surface area contributed by atoms with Crippen LogP contribution in [0.5, 0.6) is 0 Å². The van der Waals surface area contributed by atoms with E-state index in [9.17, 15) is 0 Å². The zero-order chi connectivity index (χ0) is 11.2. The number of pyridine rings is 1. The lowest BCUT2D eigenvalue weighted by Gasteiger charge is -2.10. The highest BCUT2D eigenvalue weighted by Crippen LogP contribution is 2.11. The minimum absolute atomic E-state index is 0.256. The van der Waals surface area contributed by atoms with Crippen LogP contribution in [0.1, 0.15) is 24.3 Å². The molecule has 16 heavy (non-hydrogen) atoms. The first kappa shape index (κ1) is 10.9. The van der Waals surface area contributed by atoms with Gasteiger partial charge >= 0.3 is 0 Å². The molecular formula is C13H16N2O. The summed E-state index contributed by atoms with van der Waals surface area (Å²) in [6.45, 7) is 3.02. The van der Waals surface area contributed by atoms with E-state index < -0.39 is 0 Å². The third-order valence-corrected chi connectivity index (χ3v) is 2.56. The van der Waals surface area contributed by atoms with Crippen molar-refractivity contribution in [3.05, 3.63) is 54.2 Å². The third kappa shape index (κ3) is 2.94. The molecule has 0 aliphatic heterocycles. The molecule has 2 aromatic rings. The van der Waals surface area contributed by atoms with Crippen molar-refractivity contribution in [2.24, 2.45) is 0 Å². The molecule has 1 unspecified atom stereocenters. The molecule has 1 atom stereocenters. The molecule has 3 nitrogen and oxygen atoms in total. The molecule has 0 radical (unpaired) electrons. The summed E-state index contributed by atoms with van der Waals surface area (Å²) in [6, 6.07) is 8.21. The van der Waals surface area contributed by atoms with Crippen molar-refractivity contribution in [2.75, 3.05) is 6.54 Å². The minimum atomic E-state index is 0.256. The van der Waals surface area contributed by atoms with Gasteiger partial charge in [-0.05, 0) is 43.7 Å².